The average Bonchev–Trinajstić information content (AvgIpc) is 2.55. The average molecular weight is 235 g/mol. The third kappa shape index (κ3) is 2.14. The standard InChI is InChI=1S/C12H17N3O2/c1-8-9(2)15(12(14)11(8)5-13)6-10-7-16-3-4-17-10/h10H,3-4,6-7,14H2,1-2H3. The monoisotopic (exact) mass is 235 g/mol. The van der Waals surface area contributed by atoms with Crippen LogP contribution in [0.2, 0.25) is 0 Å². The second-order valence-corrected chi connectivity index (χ2v) is 4.26. The van der Waals surface area contributed by atoms with Gasteiger partial charge in [-0.2, -0.15) is 5.26 Å². The Labute approximate surface area is 101 Å². The van der Waals surface area contributed by atoms with Crippen molar-refractivity contribution >= 4 is 5.82 Å². The van der Waals surface area contributed by atoms with Crippen LogP contribution in [0.15, 0.2) is 0 Å². The van der Waals surface area contributed by atoms with E-state index in [4.69, 9.17) is 20.5 Å². The first-order valence-corrected chi connectivity index (χ1v) is 5.69. The topological polar surface area (TPSA) is 73.2 Å². The molecule has 1 unspecified atom stereocenters. The van der Waals surface area contributed by atoms with Crippen LogP contribution in [0.5, 0.6) is 0 Å². The van der Waals surface area contributed by atoms with Gasteiger partial charge in [0.2, 0.25) is 0 Å². The molecule has 0 saturated carbocycles. The summed E-state index contributed by atoms with van der Waals surface area (Å²) in [5.74, 6) is 0.525. The van der Waals surface area contributed by atoms with Gasteiger partial charge in [-0.3, -0.25) is 0 Å². The fourth-order valence-corrected chi connectivity index (χ4v) is 2.11. The fraction of sp³-hybridized carbons (Fsp3) is 0.583. The molecule has 1 aromatic rings. The molecule has 1 atom stereocenters. The van der Waals surface area contributed by atoms with Crippen molar-refractivity contribution in [2.45, 2.75) is 26.5 Å². The maximum absolute atomic E-state index is 9.04. The van der Waals surface area contributed by atoms with Crippen LogP contribution in [0.1, 0.15) is 16.8 Å². The first kappa shape index (κ1) is 12.0. The van der Waals surface area contributed by atoms with Crippen LogP contribution >= 0.6 is 0 Å². The number of hydrogen-bond donors (Lipinski definition) is 1. The van der Waals surface area contributed by atoms with Crippen molar-refractivity contribution in [3.8, 4) is 6.07 Å². The molecule has 2 heterocycles. The minimum Gasteiger partial charge on any atom is -0.384 e. The zero-order chi connectivity index (χ0) is 12.4. The summed E-state index contributed by atoms with van der Waals surface area (Å²) < 4.78 is 12.9. The summed E-state index contributed by atoms with van der Waals surface area (Å²) in [6.45, 7) is 6.38. The quantitative estimate of drug-likeness (QED) is 0.829. The fourth-order valence-electron chi connectivity index (χ4n) is 2.11. The van der Waals surface area contributed by atoms with E-state index in [1.54, 1.807) is 0 Å². The molecule has 1 saturated heterocycles. The highest BCUT2D eigenvalue weighted by Crippen LogP contribution is 2.24. The molecule has 0 amide bonds. The summed E-state index contributed by atoms with van der Waals surface area (Å²) in [6.07, 6.45) is 0.0168. The van der Waals surface area contributed by atoms with E-state index in [1.165, 1.54) is 0 Å². The van der Waals surface area contributed by atoms with Crippen LogP contribution in [0.25, 0.3) is 0 Å². The van der Waals surface area contributed by atoms with E-state index in [9.17, 15) is 0 Å². The van der Waals surface area contributed by atoms with Gasteiger partial charge in [-0.25, -0.2) is 0 Å². The molecule has 1 aliphatic heterocycles. The Morgan fingerprint density at radius 3 is 2.76 bits per heavy atom. The summed E-state index contributed by atoms with van der Waals surface area (Å²) in [6, 6.07) is 2.14. The zero-order valence-electron chi connectivity index (χ0n) is 10.2. The lowest BCUT2D eigenvalue weighted by molar-refractivity contribution is -0.0935. The molecule has 0 bridgehead atoms. The van der Waals surface area contributed by atoms with Gasteiger partial charge < -0.3 is 19.8 Å². The van der Waals surface area contributed by atoms with E-state index >= 15 is 0 Å². The van der Waals surface area contributed by atoms with Crippen molar-refractivity contribution in [3.05, 3.63) is 16.8 Å². The highest BCUT2D eigenvalue weighted by Gasteiger charge is 2.20. The van der Waals surface area contributed by atoms with Gasteiger partial charge in [0.25, 0.3) is 0 Å². The Balaban J connectivity index is 2.23. The van der Waals surface area contributed by atoms with Crippen LogP contribution in [-0.4, -0.2) is 30.5 Å². The number of hydrogen-bond acceptors (Lipinski definition) is 4. The van der Waals surface area contributed by atoms with Gasteiger partial charge >= 0.3 is 0 Å². The lowest BCUT2D eigenvalue weighted by Crippen LogP contribution is -2.32. The molecule has 5 nitrogen and oxygen atoms in total. The molecule has 2 N–H and O–H groups in total. The Morgan fingerprint density at radius 1 is 1.47 bits per heavy atom. The number of rotatable bonds is 2. The summed E-state index contributed by atoms with van der Waals surface area (Å²) >= 11 is 0. The van der Waals surface area contributed by atoms with E-state index < -0.39 is 0 Å². The molecule has 1 aliphatic rings. The third-order valence-corrected chi connectivity index (χ3v) is 3.25. The largest absolute Gasteiger partial charge is 0.384 e. The Morgan fingerprint density at radius 2 is 2.24 bits per heavy atom. The van der Waals surface area contributed by atoms with Crippen LogP contribution in [0.4, 0.5) is 5.82 Å². The molecule has 1 aromatic heterocycles. The lowest BCUT2D eigenvalue weighted by Gasteiger charge is -2.24. The second kappa shape index (κ2) is 4.78. The van der Waals surface area contributed by atoms with E-state index in [0.717, 1.165) is 11.3 Å². The molecular formula is C12H17N3O2. The Kier molecular flexibility index (Phi) is 3.36. The number of aromatic nitrogens is 1. The predicted octanol–water partition coefficient (Wildman–Crippen LogP) is 0.974. The Hall–Kier alpha value is -1.51. The van der Waals surface area contributed by atoms with Gasteiger partial charge in [0, 0.05) is 5.69 Å². The first-order chi connectivity index (χ1) is 8.15. The van der Waals surface area contributed by atoms with E-state index in [0.29, 0.717) is 37.7 Å². The number of nitrogens with two attached hydrogens (primary N) is 1. The maximum Gasteiger partial charge on any atom is 0.122 e. The molecular weight excluding hydrogens is 218 g/mol. The lowest BCUT2D eigenvalue weighted by atomic mass is 10.2. The predicted molar refractivity (Wildman–Crippen MR) is 63.6 cm³/mol. The summed E-state index contributed by atoms with van der Waals surface area (Å²) in [5, 5.41) is 9.04. The van der Waals surface area contributed by atoms with Gasteiger partial charge in [0.15, 0.2) is 0 Å². The van der Waals surface area contributed by atoms with Crippen molar-refractivity contribution in [1.82, 2.24) is 4.57 Å². The van der Waals surface area contributed by atoms with E-state index in [2.05, 4.69) is 6.07 Å². The van der Waals surface area contributed by atoms with Gasteiger partial charge in [0.1, 0.15) is 11.9 Å². The Bertz CT molecular complexity index is 453. The minimum absolute atomic E-state index is 0.0168. The van der Waals surface area contributed by atoms with Crippen LogP contribution in [0.3, 0.4) is 0 Å². The number of nitrogens with zero attached hydrogens (tertiary/aromatic N) is 2. The normalized spacial score (nSPS) is 20.2. The number of nitrogen functional groups attached to an aromatic ring is 1. The number of ether oxygens (including phenoxy) is 2. The molecule has 17 heavy (non-hydrogen) atoms. The van der Waals surface area contributed by atoms with Gasteiger partial charge in [-0.15, -0.1) is 0 Å². The molecule has 2 rings (SSSR count). The molecule has 0 aliphatic carbocycles. The van der Waals surface area contributed by atoms with E-state index in [1.807, 2.05) is 18.4 Å². The highest BCUT2D eigenvalue weighted by molar-refractivity contribution is 5.57. The highest BCUT2D eigenvalue weighted by atomic mass is 16.6. The maximum atomic E-state index is 9.04. The summed E-state index contributed by atoms with van der Waals surface area (Å²) in [7, 11) is 0. The minimum atomic E-state index is 0.0168. The van der Waals surface area contributed by atoms with Gasteiger partial charge in [0.05, 0.1) is 38.0 Å². The van der Waals surface area contributed by atoms with Crippen molar-refractivity contribution < 1.29 is 9.47 Å². The molecule has 92 valence electrons. The van der Waals surface area contributed by atoms with Crippen molar-refractivity contribution in [1.29, 1.82) is 5.26 Å². The SMILES string of the molecule is Cc1c(C#N)c(N)n(CC2COCCO2)c1C. The molecule has 0 radical (unpaired) electrons. The molecule has 1 fully saturated rings. The van der Waals surface area contributed by atoms with E-state index in [-0.39, 0.29) is 6.10 Å². The van der Waals surface area contributed by atoms with Gasteiger partial charge in [-0.05, 0) is 19.4 Å². The van der Waals surface area contributed by atoms with Crippen molar-refractivity contribution in [2.24, 2.45) is 0 Å². The van der Waals surface area contributed by atoms with Crippen molar-refractivity contribution in [3.63, 3.8) is 0 Å². The number of anilines is 1. The van der Waals surface area contributed by atoms with Crippen molar-refractivity contribution in [2.75, 3.05) is 25.6 Å². The first-order valence-electron chi connectivity index (χ1n) is 5.69. The summed E-state index contributed by atoms with van der Waals surface area (Å²) in [4.78, 5) is 0. The number of nitriles is 1. The van der Waals surface area contributed by atoms with Crippen LogP contribution < -0.4 is 5.73 Å². The van der Waals surface area contributed by atoms with Gasteiger partial charge in [-0.1, -0.05) is 0 Å². The third-order valence-electron chi connectivity index (χ3n) is 3.25. The molecule has 5 heteroatoms. The smallest absolute Gasteiger partial charge is 0.122 e. The molecule has 0 aromatic carbocycles. The second-order valence-electron chi connectivity index (χ2n) is 4.26. The summed E-state index contributed by atoms with van der Waals surface area (Å²) in [5.41, 5.74) is 8.51. The van der Waals surface area contributed by atoms with Crippen LogP contribution in [-0.2, 0) is 16.0 Å². The zero-order valence-corrected chi connectivity index (χ0v) is 10.2. The van der Waals surface area contributed by atoms with Crippen LogP contribution in [0, 0.1) is 25.2 Å². The molecule has 0 spiro atoms.